The summed E-state index contributed by atoms with van der Waals surface area (Å²) in [7, 11) is 0. The maximum absolute atomic E-state index is 13.3. The van der Waals surface area contributed by atoms with Crippen LogP contribution in [-0.2, 0) is 11.0 Å². The van der Waals surface area contributed by atoms with E-state index in [1.54, 1.807) is 0 Å². The molecule has 0 heterocycles. The maximum atomic E-state index is 13.3. The summed E-state index contributed by atoms with van der Waals surface area (Å²) in [5, 5.41) is 9.82. The number of hydrogen-bond acceptors (Lipinski definition) is 3. The minimum absolute atomic E-state index is 0.0676. The number of alkyl halides is 3. The molecule has 0 aliphatic heterocycles. The molecule has 1 fully saturated rings. The molecule has 0 aromatic heterocycles. The summed E-state index contributed by atoms with van der Waals surface area (Å²) < 4.78 is 44.4. The van der Waals surface area contributed by atoms with Crippen molar-refractivity contribution in [3.05, 3.63) is 53.6 Å². The summed E-state index contributed by atoms with van der Waals surface area (Å²) in [6.07, 6.45) is -1.08. The first-order chi connectivity index (χ1) is 15.5. The number of halogens is 3. The number of carboxylic acid groups (broad SMARTS) is 1. The van der Waals surface area contributed by atoms with E-state index in [1.165, 1.54) is 35.2 Å². The van der Waals surface area contributed by atoms with Gasteiger partial charge >= 0.3 is 12.1 Å². The Labute approximate surface area is 191 Å². The van der Waals surface area contributed by atoms with Gasteiger partial charge in [0.1, 0.15) is 11.5 Å². The van der Waals surface area contributed by atoms with E-state index in [4.69, 9.17) is 4.74 Å². The molecule has 8 heteroatoms. The highest BCUT2D eigenvalue weighted by Gasteiger charge is 2.33. The number of amides is 1. The van der Waals surface area contributed by atoms with Crippen LogP contribution in [0.1, 0.15) is 62.4 Å². The van der Waals surface area contributed by atoms with Gasteiger partial charge in [-0.05, 0) is 81.8 Å². The summed E-state index contributed by atoms with van der Waals surface area (Å²) in [4.78, 5) is 26.9. The van der Waals surface area contributed by atoms with Gasteiger partial charge in [-0.15, -0.1) is 0 Å². The fourth-order valence-electron chi connectivity index (χ4n) is 4.19. The zero-order valence-electron chi connectivity index (χ0n) is 18.9. The molecule has 1 amide bonds. The summed E-state index contributed by atoms with van der Waals surface area (Å²) in [5.41, 5.74) is -0.767. The molecule has 0 radical (unpaired) electrons. The fraction of sp³-hybridized carbons (Fsp3) is 0.440. The Balaban J connectivity index is 1.91. The van der Waals surface area contributed by atoms with Crippen molar-refractivity contribution in [3.8, 4) is 11.5 Å². The van der Waals surface area contributed by atoms with Gasteiger partial charge in [-0.1, -0.05) is 13.0 Å². The lowest BCUT2D eigenvalue weighted by atomic mass is 9.82. The monoisotopic (exact) mass is 463 g/mol. The Hall–Kier alpha value is -3.03. The van der Waals surface area contributed by atoms with Gasteiger partial charge in [0, 0.05) is 12.0 Å². The molecule has 178 valence electrons. The molecular weight excluding hydrogens is 435 g/mol. The standard InChI is InChI=1S/C25H28F3NO4/c1-15(2)29(23(30)17-9-7-16(3)8-10-17)22-12-11-20(14-21(22)24(31)32)33-19-6-4-5-18(13-19)25(26,27)28/h4-6,11-17H,7-10H2,1-3H3,(H,31,32). The van der Waals surface area contributed by atoms with Crippen molar-refractivity contribution in [2.24, 2.45) is 11.8 Å². The lowest BCUT2D eigenvalue weighted by molar-refractivity contribution is -0.137. The Morgan fingerprint density at radius 2 is 1.67 bits per heavy atom. The topological polar surface area (TPSA) is 66.8 Å². The van der Waals surface area contributed by atoms with Gasteiger partial charge in [0.2, 0.25) is 5.91 Å². The number of anilines is 1. The zero-order valence-corrected chi connectivity index (χ0v) is 18.9. The van der Waals surface area contributed by atoms with Crippen molar-refractivity contribution in [1.29, 1.82) is 0 Å². The van der Waals surface area contributed by atoms with Crippen molar-refractivity contribution in [3.63, 3.8) is 0 Å². The smallest absolute Gasteiger partial charge is 0.416 e. The van der Waals surface area contributed by atoms with E-state index in [2.05, 4.69) is 6.92 Å². The average Bonchev–Trinajstić information content (AvgIpc) is 2.74. The molecule has 0 unspecified atom stereocenters. The van der Waals surface area contributed by atoms with E-state index in [9.17, 15) is 27.9 Å². The van der Waals surface area contributed by atoms with Crippen LogP contribution in [0.4, 0.5) is 18.9 Å². The molecule has 1 saturated carbocycles. The molecule has 1 N–H and O–H groups in total. The fourth-order valence-corrected chi connectivity index (χ4v) is 4.19. The summed E-state index contributed by atoms with van der Waals surface area (Å²) in [6, 6.07) is 8.27. The van der Waals surface area contributed by atoms with Crippen LogP contribution in [0, 0.1) is 11.8 Å². The molecule has 0 atom stereocenters. The highest BCUT2D eigenvalue weighted by molar-refractivity contribution is 6.03. The van der Waals surface area contributed by atoms with Gasteiger partial charge in [-0.25, -0.2) is 4.79 Å². The Bertz CT molecular complexity index is 1010. The predicted molar refractivity (Wildman–Crippen MR) is 119 cm³/mol. The van der Waals surface area contributed by atoms with Crippen LogP contribution in [0.2, 0.25) is 0 Å². The Morgan fingerprint density at radius 3 is 2.24 bits per heavy atom. The first-order valence-corrected chi connectivity index (χ1v) is 11.0. The quantitative estimate of drug-likeness (QED) is 0.514. The van der Waals surface area contributed by atoms with Crippen LogP contribution >= 0.6 is 0 Å². The highest BCUT2D eigenvalue weighted by atomic mass is 19.4. The van der Waals surface area contributed by atoms with E-state index in [-0.39, 0.29) is 40.6 Å². The Kier molecular flexibility index (Phi) is 7.34. The van der Waals surface area contributed by atoms with Crippen LogP contribution in [-0.4, -0.2) is 23.0 Å². The van der Waals surface area contributed by atoms with Gasteiger partial charge in [0.05, 0.1) is 16.8 Å². The maximum Gasteiger partial charge on any atom is 0.416 e. The molecule has 2 aromatic carbocycles. The average molecular weight is 463 g/mol. The second kappa shape index (κ2) is 9.85. The molecule has 5 nitrogen and oxygen atoms in total. The van der Waals surface area contributed by atoms with Crippen molar-refractivity contribution in [2.45, 2.75) is 58.7 Å². The number of nitrogens with zero attached hydrogens (tertiary/aromatic N) is 1. The van der Waals surface area contributed by atoms with Gasteiger partial charge < -0.3 is 14.7 Å². The number of carbonyl (C=O) groups is 2. The number of ether oxygens (including phenoxy) is 1. The minimum atomic E-state index is -4.52. The second-order valence-electron chi connectivity index (χ2n) is 8.87. The third-order valence-electron chi connectivity index (χ3n) is 5.97. The van der Waals surface area contributed by atoms with Crippen LogP contribution in [0.3, 0.4) is 0 Å². The molecule has 0 saturated heterocycles. The van der Waals surface area contributed by atoms with Crippen LogP contribution in [0.25, 0.3) is 0 Å². The normalized spacial score (nSPS) is 18.8. The molecule has 2 aromatic rings. The van der Waals surface area contributed by atoms with Crippen LogP contribution < -0.4 is 9.64 Å². The highest BCUT2D eigenvalue weighted by Crippen LogP contribution is 2.36. The number of hydrogen-bond donors (Lipinski definition) is 1. The summed E-state index contributed by atoms with van der Waals surface area (Å²) in [6.45, 7) is 5.80. The van der Waals surface area contributed by atoms with E-state index in [0.29, 0.717) is 5.92 Å². The molecule has 0 bridgehead atoms. The minimum Gasteiger partial charge on any atom is -0.478 e. The largest absolute Gasteiger partial charge is 0.478 e. The van der Waals surface area contributed by atoms with Crippen molar-refractivity contribution < 1.29 is 32.6 Å². The number of benzene rings is 2. The molecule has 3 rings (SSSR count). The first-order valence-electron chi connectivity index (χ1n) is 11.0. The van der Waals surface area contributed by atoms with Crippen LogP contribution in [0.5, 0.6) is 11.5 Å². The lowest BCUT2D eigenvalue weighted by Crippen LogP contribution is -2.42. The first kappa shape index (κ1) is 24.6. The predicted octanol–water partition coefficient (Wildman–Crippen LogP) is 6.76. The van der Waals surface area contributed by atoms with Crippen LogP contribution in [0.15, 0.2) is 42.5 Å². The second-order valence-corrected chi connectivity index (χ2v) is 8.87. The zero-order chi connectivity index (χ0) is 24.3. The van der Waals surface area contributed by atoms with E-state index < -0.39 is 17.7 Å². The van der Waals surface area contributed by atoms with Gasteiger partial charge in [-0.3, -0.25) is 4.79 Å². The van der Waals surface area contributed by atoms with E-state index in [1.807, 2.05) is 13.8 Å². The molecular formula is C25H28F3NO4. The van der Waals surface area contributed by atoms with Crippen molar-refractivity contribution in [2.75, 3.05) is 4.90 Å². The lowest BCUT2D eigenvalue weighted by Gasteiger charge is -2.34. The molecule has 1 aliphatic rings. The number of carbonyl (C=O) groups excluding carboxylic acids is 1. The van der Waals surface area contributed by atoms with Gasteiger partial charge in [0.25, 0.3) is 0 Å². The summed E-state index contributed by atoms with van der Waals surface area (Å²) >= 11 is 0. The Morgan fingerprint density at radius 1 is 1.03 bits per heavy atom. The van der Waals surface area contributed by atoms with Crippen molar-refractivity contribution in [1.82, 2.24) is 0 Å². The van der Waals surface area contributed by atoms with E-state index in [0.717, 1.165) is 37.8 Å². The number of carboxylic acids is 1. The number of rotatable bonds is 6. The third kappa shape index (κ3) is 5.86. The molecule has 0 spiro atoms. The number of aromatic carboxylic acids is 1. The molecule has 1 aliphatic carbocycles. The van der Waals surface area contributed by atoms with Gasteiger partial charge in [0.15, 0.2) is 0 Å². The third-order valence-corrected chi connectivity index (χ3v) is 5.97. The van der Waals surface area contributed by atoms with Crippen molar-refractivity contribution >= 4 is 17.6 Å². The molecule has 33 heavy (non-hydrogen) atoms. The SMILES string of the molecule is CC1CCC(C(=O)N(c2ccc(Oc3cccc(C(F)(F)F)c3)cc2C(=O)O)C(C)C)CC1. The summed E-state index contributed by atoms with van der Waals surface area (Å²) in [5.74, 6) is -0.948. The van der Waals surface area contributed by atoms with Gasteiger partial charge in [-0.2, -0.15) is 13.2 Å². The van der Waals surface area contributed by atoms with E-state index >= 15 is 0 Å².